The van der Waals surface area contributed by atoms with Crippen LogP contribution in [0.2, 0.25) is 0 Å². The summed E-state index contributed by atoms with van der Waals surface area (Å²) in [6, 6.07) is 0. The van der Waals surface area contributed by atoms with Gasteiger partial charge in [-0.3, -0.25) is 0 Å². The second kappa shape index (κ2) is 3.46. The third-order valence-corrected chi connectivity index (χ3v) is 1.63. The minimum absolute atomic E-state index is 0.498. The molecule has 65 valence electrons. The van der Waals surface area contributed by atoms with Gasteiger partial charge in [-0.25, -0.2) is 0 Å². The summed E-state index contributed by atoms with van der Waals surface area (Å²) in [5, 5.41) is 35.4. The Kier molecular flexibility index (Phi) is 2.80. The van der Waals surface area contributed by atoms with Gasteiger partial charge < -0.3 is 25.2 Å². The first kappa shape index (κ1) is 8.89. The third kappa shape index (κ3) is 1.69. The van der Waals surface area contributed by atoms with Gasteiger partial charge in [-0.05, 0) is 0 Å². The molecule has 0 aromatic carbocycles. The standard InChI is InChI=1S/C6H11O5/c7-1-3(8)6-5(10)4(9)2-11-6/h2-10H,1H2/t3-,4+,5+,6-/m0/s1. The van der Waals surface area contributed by atoms with E-state index >= 15 is 0 Å². The zero-order valence-electron chi connectivity index (χ0n) is 5.79. The van der Waals surface area contributed by atoms with Crippen molar-refractivity contribution in [2.75, 3.05) is 6.61 Å². The molecule has 1 aliphatic heterocycles. The molecule has 1 heterocycles. The predicted octanol–water partition coefficient (Wildman–Crippen LogP) is -2.38. The van der Waals surface area contributed by atoms with E-state index < -0.39 is 31.0 Å². The molecule has 1 rings (SSSR count). The van der Waals surface area contributed by atoms with E-state index in [1.54, 1.807) is 0 Å². The van der Waals surface area contributed by atoms with Crippen LogP contribution in [0.5, 0.6) is 0 Å². The van der Waals surface area contributed by atoms with Crippen molar-refractivity contribution in [2.24, 2.45) is 0 Å². The second-order valence-corrected chi connectivity index (χ2v) is 2.47. The summed E-state index contributed by atoms with van der Waals surface area (Å²) in [6.45, 7) is 0.538. The van der Waals surface area contributed by atoms with Gasteiger partial charge in [0.15, 0.2) is 0 Å². The van der Waals surface area contributed by atoms with Crippen molar-refractivity contribution in [1.29, 1.82) is 0 Å². The number of hydrogen-bond acceptors (Lipinski definition) is 5. The van der Waals surface area contributed by atoms with Gasteiger partial charge in [0.25, 0.3) is 0 Å². The van der Waals surface area contributed by atoms with Crippen molar-refractivity contribution >= 4 is 0 Å². The smallest absolute Gasteiger partial charge is 0.115 e. The van der Waals surface area contributed by atoms with E-state index in [9.17, 15) is 0 Å². The second-order valence-electron chi connectivity index (χ2n) is 2.47. The van der Waals surface area contributed by atoms with Crippen LogP contribution in [0.15, 0.2) is 0 Å². The van der Waals surface area contributed by atoms with E-state index in [0.717, 1.165) is 6.61 Å². The monoisotopic (exact) mass is 163 g/mol. The molecule has 1 radical (unpaired) electrons. The van der Waals surface area contributed by atoms with E-state index in [1.807, 2.05) is 0 Å². The molecular weight excluding hydrogens is 152 g/mol. The van der Waals surface area contributed by atoms with Crippen LogP contribution in [0, 0.1) is 6.61 Å². The van der Waals surface area contributed by atoms with Crippen molar-refractivity contribution < 1.29 is 25.2 Å². The molecule has 0 bridgehead atoms. The maximum atomic E-state index is 9.08. The molecule has 1 saturated heterocycles. The predicted molar refractivity (Wildman–Crippen MR) is 34.3 cm³/mol. The highest BCUT2D eigenvalue weighted by Crippen LogP contribution is 2.20. The van der Waals surface area contributed by atoms with Crippen molar-refractivity contribution in [3.8, 4) is 0 Å². The Hall–Kier alpha value is -0.200. The maximum Gasteiger partial charge on any atom is 0.115 e. The third-order valence-electron chi connectivity index (χ3n) is 1.63. The van der Waals surface area contributed by atoms with Gasteiger partial charge in [0.05, 0.1) is 6.61 Å². The number of rotatable bonds is 2. The average Bonchev–Trinajstić information content (AvgIpc) is 2.32. The van der Waals surface area contributed by atoms with E-state index in [0.29, 0.717) is 0 Å². The van der Waals surface area contributed by atoms with Crippen molar-refractivity contribution in [3.63, 3.8) is 0 Å². The van der Waals surface area contributed by atoms with E-state index in [1.165, 1.54) is 0 Å². The molecular formula is C6H11O5. The fourth-order valence-electron chi connectivity index (χ4n) is 0.949. The van der Waals surface area contributed by atoms with Crippen molar-refractivity contribution in [3.05, 3.63) is 6.61 Å². The summed E-state index contributed by atoms with van der Waals surface area (Å²) < 4.78 is 4.70. The molecule has 11 heavy (non-hydrogen) atoms. The van der Waals surface area contributed by atoms with Gasteiger partial charge in [-0.15, -0.1) is 0 Å². The van der Waals surface area contributed by atoms with E-state index in [-0.39, 0.29) is 0 Å². The lowest BCUT2D eigenvalue weighted by molar-refractivity contribution is -0.0636. The Labute approximate surface area is 63.8 Å². The van der Waals surface area contributed by atoms with Gasteiger partial charge in [-0.2, -0.15) is 0 Å². The maximum absolute atomic E-state index is 9.08. The van der Waals surface area contributed by atoms with Crippen LogP contribution in [0.4, 0.5) is 0 Å². The lowest BCUT2D eigenvalue weighted by Crippen LogP contribution is -2.40. The average molecular weight is 163 g/mol. The summed E-state index contributed by atoms with van der Waals surface area (Å²) in [7, 11) is 0. The zero-order valence-corrected chi connectivity index (χ0v) is 5.79. The van der Waals surface area contributed by atoms with Gasteiger partial charge >= 0.3 is 0 Å². The first-order chi connectivity index (χ1) is 5.16. The van der Waals surface area contributed by atoms with Crippen LogP contribution < -0.4 is 0 Å². The SMILES string of the molecule is OC[C@H](O)[C@@H]1O[CH][C@@H](O)[C@H]1O. The fraction of sp³-hybridized carbons (Fsp3) is 0.833. The summed E-state index contributed by atoms with van der Waals surface area (Å²) >= 11 is 0. The highest BCUT2D eigenvalue weighted by atomic mass is 16.5. The molecule has 0 unspecified atom stereocenters. The number of ether oxygens (including phenoxy) is 1. The first-order valence-electron chi connectivity index (χ1n) is 3.30. The Morgan fingerprint density at radius 3 is 2.45 bits per heavy atom. The molecule has 0 aromatic rings. The summed E-state index contributed by atoms with van der Waals surface area (Å²) in [4.78, 5) is 0. The van der Waals surface area contributed by atoms with Gasteiger partial charge in [0, 0.05) is 0 Å². The summed E-state index contributed by atoms with van der Waals surface area (Å²) in [6.07, 6.45) is -4.31. The first-order valence-corrected chi connectivity index (χ1v) is 3.30. The van der Waals surface area contributed by atoms with Gasteiger partial charge in [0.2, 0.25) is 0 Å². The molecule has 4 atom stereocenters. The molecule has 5 heteroatoms. The molecule has 0 amide bonds. The van der Waals surface area contributed by atoms with Gasteiger partial charge in [0.1, 0.15) is 31.0 Å². The molecule has 5 nitrogen and oxygen atoms in total. The van der Waals surface area contributed by atoms with Crippen LogP contribution in [-0.2, 0) is 4.74 Å². The number of aliphatic hydroxyl groups is 4. The molecule has 1 fully saturated rings. The van der Waals surface area contributed by atoms with Crippen molar-refractivity contribution in [1.82, 2.24) is 0 Å². The largest absolute Gasteiger partial charge is 0.394 e. The molecule has 1 aliphatic rings. The quantitative estimate of drug-likeness (QED) is 0.365. The molecule has 0 aromatic heterocycles. The Balaban J connectivity index is 2.47. The Morgan fingerprint density at radius 2 is 2.09 bits per heavy atom. The summed E-state index contributed by atoms with van der Waals surface area (Å²) in [5.74, 6) is 0. The highest BCUT2D eigenvalue weighted by Gasteiger charge is 2.39. The van der Waals surface area contributed by atoms with Gasteiger partial charge in [-0.1, -0.05) is 0 Å². The number of aliphatic hydroxyl groups excluding tert-OH is 4. The Bertz CT molecular complexity index is 128. The number of hydrogen-bond donors (Lipinski definition) is 4. The highest BCUT2D eigenvalue weighted by molar-refractivity contribution is 4.93. The summed E-state index contributed by atoms with van der Waals surface area (Å²) in [5.41, 5.74) is 0. The van der Waals surface area contributed by atoms with Crippen LogP contribution in [0.25, 0.3) is 0 Å². The molecule has 4 N–H and O–H groups in total. The van der Waals surface area contributed by atoms with Crippen LogP contribution >= 0.6 is 0 Å². The fourth-order valence-corrected chi connectivity index (χ4v) is 0.949. The molecule has 0 spiro atoms. The topological polar surface area (TPSA) is 90.2 Å². The molecule has 0 saturated carbocycles. The lowest BCUT2D eigenvalue weighted by atomic mass is 10.1. The van der Waals surface area contributed by atoms with E-state index in [2.05, 4.69) is 0 Å². The minimum atomic E-state index is -1.16. The van der Waals surface area contributed by atoms with E-state index in [4.69, 9.17) is 25.2 Å². The van der Waals surface area contributed by atoms with Crippen LogP contribution in [0.3, 0.4) is 0 Å². The minimum Gasteiger partial charge on any atom is -0.394 e. The molecule has 0 aliphatic carbocycles. The Morgan fingerprint density at radius 1 is 1.45 bits per heavy atom. The zero-order chi connectivity index (χ0) is 8.43. The lowest BCUT2D eigenvalue weighted by Gasteiger charge is -2.18. The van der Waals surface area contributed by atoms with Crippen LogP contribution in [-0.4, -0.2) is 51.4 Å². The van der Waals surface area contributed by atoms with Crippen LogP contribution in [0.1, 0.15) is 0 Å². The van der Waals surface area contributed by atoms with Crippen molar-refractivity contribution in [2.45, 2.75) is 24.4 Å². The normalized spacial score (nSPS) is 40.9.